The summed E-state index contributed by atoms with van der Waals surface area (Å²) >= 11 is 0. The monoisotopic (exact) mass is 315 g/mol. The van der Waals surface area contributed by atoms with E-state index in [1.165, 1.54) is 0 Å². The number of hydrogen-bond acceptors (Lipinski definition) is 4. The average Bonchev–Trinajstić information content (AvgIpc) is 3.14. The largest absolute Gasteiger partial charge is 0.464 e. The van der Waals surface area contributed by atoms with Gasteiger partial charge in [-0.15, -0.1) is 0 Å². The van der Waals surface area contributed by atoms with Crippen LogP contribution in [0.4, 0.5) is 0 Å². The summed E-state index contributed by atoms with van der Waals surface area (Å²) in [6.07, 6.45) is 0. The number of furan rings is 1. The summed E-state index contributed by atoms with van der Waals surface area (Å²) in [5.74, 6) is 3.14. The number of carbonyl (C=O) groups is 1. The zero-order valence-electron chi connectivity index (χ0n) is 13.7. The number of hydrogen-bond donors (Lipinski definition) is 0. The maximum Gasteiger partial charge on any atom is 0.231 e. The van der Waals surface area contributed by atoms with Crippen molar-refractivity contribution in [3.05, 3.63) is 47.4 Å². The van der Waals surface area contributed by atoms with Crippen molar-refractivity contribution in [2.24, 2.45) is 5.92 Å². The van der Waals surface area contributed by atoms with E-state index < -0.39 is 0 Å². The van der Waals surface area contributed by atoms with E-state index >= 15 is 0 Å². The molecule has 1 aliphatic rings. The Balaban J connectivity index is 1.79. The van der Waals surface area contributed by atoms with Crippen LogP contribution in [0.3, 0.4) is 0 Å². The highest BCUT2D eigenvalue weighted by Crippen LogP contribution is 2.33. The highest BCUT2D eigenvalue weighted by Gasteiger charge is 2.20. The lowest BCUT2D eigenvalue weighted by Crippen LogP contribution is -2.33. The van der Waals surface area contributed by atoms with Crippen LogP contribution in [-0.2, 0) is 17.9 Å². The van der Waals surface area contributed by atoms with Gasteiger partial charge in [0.15, 0.2) is 11.5 Å². The molecule has 1 aliphatic heterocycles. The zero-order chi connectivity index (χ0) is 16.4. The Morgan fingerprint density at radius 1 is 1.13 bits per heavy atom. The van der Waals surface area contributed by atoms with Crippen LogP contribution < -0.4 is 9.47 Å². The SMILES string of the molecule is Cc1ccc(CN(Cc2ccc3c(c2)OCO3)C(=O)C(C)C)o1. The predicted octanol–water partition coefficient (Wildman–Crippen LogP) is 3.50. The Labute approximate surface area is 135 Å². The molecule has 0 saturated carbocycles. The lowest BCUT2D eigenvalue weighted by molar-refractivity contribution is -0.136. The van der Waals surface area contributed by atoms with E-state index in [1.54, 1.807) is 4.90 Å². The Morgan fingerprint density at radius 2 is 1.91 bits per heavy atom. The van der Waals surface area contributed by atoms with E-state index in [-0.39, 0.29) is 18.6 Å². The van der Waals surface area contributed by atoms with Gasteiger partial charge < -0.3 is 18.8 Å². The van der Waals surface area contributed by atoms with Gasteiger partial charge >= 0.3 is 0 Å². The van der Waals surface area contributed by atoms with E-state index in [0.717, 1.165) is 28.6 Å². The molecule has 0 spiro atoms. The molecule has 2 heterocycles. The summed E-state index contributed by atoms with van der Waals surface area (Å²) < 4.78 is 16.3. The Hall–Kier alpha value is -2.43. The van der Waals surface area contributed by atoms with Crippen molar-refractivity contribution >= 4 is 5.91 Å². The van der Waals surface area contributed by atoms with E-state index in [0.29, 0.717) is 13.1 Å². The molecular weight excluding hydrogens is 294 g/mol. The van der Waals surface area contributed by atoms with Crippen LogP contribution in [0, 0.1) is 12.8 Å². The van der Waals surface area contributed by atoms with Crippen molar-refractivity contribution in [3.8, 4) is 11.5 Å². The maximum atomic E-state index is 12.5. The molecule has 5 nitrogen and oxygen atoms in total. The highest BCUT2D eigenvalue weighted by molar-refractivity contribution is 5.78. The number of benzene rings is 1. The predicted molar refractivity (Wildman–Crippen MR) is 85.1 cm³/mol. The normalized spacial score (nSPS) is 12.7. The first-order valence-corrected chi connectivity index (χ1v) is 7.75. The zero-order valence-corrected chi connectivity index (χ0v) is 13.7. The molecule has 0 saturated heterocycles. The molecule has 0 N–H and O–H groups in total. The van der Waals surface area contributed by atoms with E-state index in [1.807, 2.05) is 51.1 Å². The van der Waals surface area contributed by atoms with Gasteiger partial charge in [-0.2, -0.15) is 0 Å². The number of carbonyl (C=O) groups excluding carboxylic acids is 1. The molecule has 2 aromatic rings. The molecule has 0 bridgehead atoms. The van der Waals surface area contributed by atoms with Crippen LogP contribution in [0.1, 0.15) is 30.9 Å². The first-order valence-electron chi connectivity index (χ1n) is 7.75. The van der Waals surface area contributed by atoms with Crippen LogP contribution in [0.2, 0.25) is 0 Å². The van der Waals surface area contributed by atoms with Gasteiger partial charge in [0.25, 0.3) is 0 Å². The topological polar surface area (TPSA) is 51.9 Å². The van der Waals surface area contributed by atoms with Crippen LogP contribution in [0.25, 0.3) is 0 Å². The summed E-state index contributed by atoms with van der Waals surface area (Å²) in [6, 6.07) is 9.59. The second kappa shape index (κ2) is 6.36. The molecule has 1 aromatic heterocycles. The first-order chi connectivity index (χ1) is 11.0. The van der Waals surface area contributed by atoms with E-state index in [2.05, 4.69) is 0 Å². The van der Waals surface area contributed by atoms with Crippen molar-refractivity contribution in [2.45, 2.75) is 33.9 Å². The number of ether oxygens (including phenoxy) is 2. The summed E-state index contributed by atoms with van der Waals surface area (Å²) in [5.41, 5.74) is 1.01. The highest BCUT2D eigenvalue weighted by atomic mass is 16.7. The van der Waals surface area contributed by atoms with Crippen molar-refractivity contribution in [2.75, 3.05) is 6.79 Å². The maximum absolute atomic E-state index is 12.5. The van der Waals surface area contributed by atoms with Crippen LogP contribution in [-0.4, -0.2) is 17.6 Å². The molecule has 23 heavy (non-hydrogen) atoms. The standard InChI is InChI=1S/C18H21NO4/c1-12(2)18(20)19(10-15-6-4-13(3)23-15)9-14-5-7-16-17(8-14)22-11-21-16/h4-8,12H,9-11H2,1-3H3. The quantitative estimate of drug-likeness (QED) is 0.847. The van der Waals surface area contributed by atoms with Gasteiger partial charge in [-0.05, 0) is 36.8 Å². The molecule has 0 aliphatic carbocycles. The van der Waals surface area contributed by atoms with Crippen molar-refractivity contribution in [3.63, 3.8) is 0 Å². The second-order valence-corrected chi connectivity index (χ2v) is 6.05. The molecule has 0 fully saturated rings. The van der Waals surface area contributed by atoms with Crippen molar-refractivity contribution < 1.29 is 18.7 Å². The molecule has 1 amide bonds. The third kappa shape index (κ3) is 3.50. The average molecular weight is 315 g/mol. The molecule has 0 atom stereocenters. The summed E-state index contributed by atoms with van der Waals surface area (Å²) in [5, 5.41) is 0. The van der Waals surface area contributed by atoms with Crippen molar-refractivity contribution in [1.82, 2.24) is 4.90 Å². The van der Waals surface area contributed by atoms with Gasteiger partial charge in [-0.1, -0.05) is 19.9 Å². The fourth-order valence-corrected chi connectivity index (χ4v) is 2.59. The van der Waals surface area contributed by atoms with E-state index in [9.17, 15) is 4.79 Å². The summed E-state index contributed by atoms with van der Waals surface area (Å²) in [6.45, 7) is 6.92. The minimum absolute atomic E-state index is 0.0694. The smallest absolute Gasteiger partial charge is 0.231 e. The third-order valence-corrected chi connectivity index (χ3v) is 3.76. The lowest BCUT2D eigenvalue weighted by Gasteiger charge is -2.24. The third-order valence-electron chi connectivity index (χ3n) is 3.76. The number of aryl methyl sites for hydroxylation is 1. The number of rotatable bonds is 5. The van der Waals surface area contributed by atoms with Gasteiger partial charge in [-0.25, -0.2) is 0 Å². The van der Waals surface area contributed by atoms with Gasteiger partial charge in [0.05, 0.1) is 6.54 Å². The van der Waals surface area contributed by atoms with Gasteiger partial charge in [0.1, 0.15) is 11.5 Å². The van der Waals surface area contributed by atoms with Crippen LogP contribution in [0.5, 0.6) is 11.5 Å². The number of amides is 1. The number of nitrogens with zero attached hydrogens (tertiary/aromatic N) is 1. The summed E-state index contributed by atoms with van der Waals surface area (Å²) in [7, 11) is 0. The fourth-order valence-electron chi connectivity index (χ4n) is 2.59. The molecule has 0 radical (unpaired) electrons. The van der Waals surface area contributed by atoms with Gasteiger partial charge in [-0.3, -0.25) is 4.79 Å². The van der Waals surface area contributed by atoms with Crippen molar-refractivity contribution in [1.29, 1.82) is 0 Å². The Bertz CT molecular complexity index is 705. The molecule has 5 heteroatoms. The van der Waals surface area contributed by atoms with Gasteiger partial charge in [0, 0.05) is 12.5 Å². The Kier molecular flexibility index (Phi) is 4.28. The van der Waals surface area contributed by atoms with E-state index in [4.69, 9.17) is 13.9 Å². The first kappa shape index (κ1) is 15.5. The second-order valence-electron chi connectivity index (χ2n) is 6.05. The summed E-state index contributed by atoms with van der Waals surface area (Å²) in [4.78, 5) is 14.3. The molecule has 0 unspecified atom stereocenters. The van der Waals surface area contributed by atoms with Crippen LogP contribution in [0.15, 0.2) is 34.7 Å². The molecule has 1 aromatic carbocycles. The molecule has 122 valence electrons. The minimum atomic E-state index is -0.0694. The molecule has 3 rings (SSSR count). The Morgan fingerprint density at radius 3 is 2.61 bits per heavy atom. The molecular formula is C18H21NO4. The van der Waals surface area contributed by atoms with Gasteiger partial charge in [0.2, 0.25) is 12.7 Å². The lowest BCUT2D eigenvalue weighted by atomic mass is 10.1. The number of fused-ring (bicyclic) bond motifs is 1. The minimum Gasteiger partial charge on any atom is -0.464 e. The fraction of sp³-hybridized carbons (Fsp3) is 0.389. The van der Waals surface area contributed by atoms with Crippen LogP contribution >= 0.6 is 0 Å².